The van der Waals surface area contributed by atoms with E-state index in [9.17, 15) is 22.4 Å². The Balaban J connectivity index is 2.21. The summed E-state index contributed by atoms with van der Waals surface area (Å²) in [6.07, 6.45) is 0. The third kappa shape index (κ3) is 4.27. The van der Waals surface area contributed by atoms with Gasteiger partial charge in [-0.05, 0) is 30.3 Å². The summed E-state index contributed by atoms with van der Waals surface area (Å²) < 4.78 is 54.5. The highest BCUT2D eigenvalue weighted by Gasteiger charge is 2.16. The van der Waals surface area contributed by atoms with Crippen LogP contribution in [0.1, 0.15) is 10.4 Å². The minimum absolute atomic E-state index is 0.127. The minimum atomic E-state index is -3.05. The molecule has 0 spiro atoms. The second-order valence-corrected chi connectivity index (χ2v) is 5.04. The molecule has 0 aliphatic carbocycles. The highest BCUT2D eigenvalue weighted by Crippen LogP contribution is 2.29. The molecule has 0 unspecified atom stereocenters. The molecule has 2 aromatic rings. The Morgan fingerprint density at radius 3 is 2.30 bits per heavy atom. The van der Waals surface area contributed by atoms with Gasteiger partial charge in [0.25, 0.3) is 5.91 Å². The summed E-state index contributed by atoms with van der Waals surface area (Å²) in [4.78, 5) is 12.0. The van der Waals surface area contributed by atoms with E-state index in [0.29, 0.717) is 12.1 Å². The molecule has 0 aliphatic heterocycles. The molecule has 2 rings (SSSR count). The normalized spacial score (nSPS) is 10.7. The topological polar surface area (TPSA) is 38.3 Å². The number of rotatable bonds is 4. The molecule has 0 saturated heterocycles. The van der Waals surface area contributed by atoms with Gasteiger partial charge >= 0.3 is 6.61 Å². The molecular weight excluding hydrogens is 361 g/mol. The highest BCUT2D eigenvalue weighted by molar-refractivity contribution is 6.34. The molecule has 0 aromatic heterocycles. The van der Waals surface area contributed by atoms with E-state index in [1.807, 2.05) is 0 Å². The van der Waals surface area contributed by atoms with Crippen molar-refractivity contribution in [1.82, 2.24) is 0 Å². The van der Waals surface area contributed by atoms with E-state index >= 15 is 0 Å². The number of carbonyl (C=O) groups is 1. The van der Waals surface area contributed by atoms with Crippen LogP contribution in [0.4, 0.5) is 23.2 Å². The number of benzene rings is 2. The van der Waals surface area contributed by atoms with Crippen molar-refractivity contribution in [2.45, 2.75) is 6.61 Å². The van der Waals surface area contributed by atoms with Crippen molar-refractivity contribution in [2.24, 2.45) is 0 Å². The number of alkyl halides is 2. The Bertz CT molecular complexity index is 756. The van der Waals surface area contributed by atoms with Crippen LogP contribution in [-0.2, 0) is 0 Å². The summed E-state index contributed by atoms with van der Waals surface area (Å²) in [6, 6.07) is 4.83. The fourth-order valence-corrected chi connectivity index (χ4v) is 2.13. The molecule has 122 valence electrons. The van der Waals surface area contributed by atoms with E-state index < -0.39 is 24.2 Å². The van der Waals surface area contributed by atoms with Gasteiger partial charge in [0.05, 0.1) is 15.6 Å². The highest BCUT2D eigenvalue weighted by atomic mass is 35.5. The van der Waals surface area contributed by atoms with Gasteiger partial charge in [0.2, 0.25) is 0 Å². The van der Waals surface area contributed by atoms with Gasteiger partial charge in [-0.1, -0.05) is 23.2 Å². The zero-order valence-electron chi connectivity index (χ0n) is 11.0. The van der Waals surface area contributed by atoms with Crippen LogP contribution in [-0.4, -0.2) is 12.5 Å². The van der Waals surface area contributed by atoms with E-state index in [1.54, 1.807) is 0 Å². The first-order chi connectivity index (χ1) is 10.8. The van der Waals surface area contributed by atoms with Gasteiger partial charge in [-0.2, -0.15) is 8.78 Å². The van der Waals surface area contributed by atoms with Crippen LogP contribution in [0.5, 0.6) is 5.75 Å². The number of hydrogen-bond donors (Lipinski definition) is 1. The lowest BCUT2D eigenvalue weighted by molar-refractivity contribution is -0.0497. The molecule has 0 saturated carbocycles. The summed E-state index contributed by atoms with van der Waals surface area (Å²) in [5, 5.41) is 1.87. The third-order valence-corrected chi connectivity index (χ3v) is 3.27. The van der Waals surface area contributed by atoms with Crippen LogP contribution in [0, 0.1) is 11.6 Å². The molecule has 0 fully saturated rings. The first-order valence-electron chi connectivity index (χ1n) is 5.98. The van der Waals surface area contributed by atoms with Crippen molar-refractivity contribution in [3.63, 3.8) is 0 Å². The molecule has 1 amide bonds. The molecule has 0 aliphatic rings. The summed E-state index contributed by atoms with van der Waals surface area (Å²) in [5.41, 5.74) is -0.169. The van der Waals surface area contributed by atoms with E-state index in [4.69, 9.17) is 23.2 Å². The largest absolute Gasteiger partial charge is 0.433 e. The van der Waals surface area contributed by atoms with Gasteiger partial charge < -0.3 is 10.1 Å². The van der Waals surface area contributed by atoms with Crippen molar-refractivity contribution in [2.75, 3.05) is 5.32 Å². The van der Waals surface area contributed by atoms with Crippen LogP contribution >= 0.6 is 23.2 Å². The van der Waals surface area contributed by atoms with Gasteiger partial charge in [0.1, 0.15) is 5.75 Å². The van der Waals surface area contributed by atoms with Crippen LogP contribution in [0.15, 0.2) is 30.3 Å². The summed E-state index contributed by atoms with van der Waals surface area (Å²) >= 11 is 11.4. The smallest absolute Gasteiger partial charge is 0.387 e. The Morgan fingerprint density at radius 1 is 1.04 bits per heavy atom. The van der Waals surface area contributed by atoms with Crippen molar-refractivity contribution < 1.29 is 27.1 Å². The molecule has 0 heterocycles. The maximum absolute atomic E-state index is 13.2. The van der Waals surface area contributed by atoms with E-state index in [1.165, 1.54) is 6.07 Å². The number of halogens is 6. The number of anilines is 1. The lowest BCUT2D eigenvalue weighted by atomic mass is 10.2. The zero-order valence-corrected chi connectivity index (χ0v) is 12.6. The molecule has 9 heteroatoms. The van der Waals surface area contributed by atoms with Gasteiger partial charge in [0, 0.05) is 5.69 Å². The standard InChI is InChI=1S/C14H7Cl2F4NO2/c15-8-5-11(18)10(17)4-7(8)13(22)21-6-1-2-12(9(16)3-6)23-14(19)20/h1-5,14H,(H,21,22). The lowest BCUT2D eigenvalue weighted by Gasteiger charge is -2.10. The summed E-state index contributed by atoms with van der Waals surface area (Å²) in [7, 11) is 0. The molecule has 0 atom stereocenters. The molecule has 3 nitrogen and oxygen atoms in total. The average Bonchev–Trinajstić information content (AvgIpc) is 2.45. The first kappa shape index (κ1) is 17.4. The molecule has 2 aromatic carbocycles. The fourth-order valence-electron chi connectivity index (χ4n) is 1.67. The van der Waals surface area contributed by atoms with Crippen LogP contribution in [0.3, 0.4) is 0 Å². The molecule has 0 bridgehead atoms. The second-order valence-electron chi connectivity index (χ2n) is 4.22. The van der Waals surface area contributed by atoms with Gasteiger partial charge in [-0.25, -0.2) is 8.78 Å². The van der Waals surface area contributed by atoms with Crippen molar-refractivity contribution >= 4 is 34.8 Å². The fraction of sp³-hybridized carbons (Fsp3) is 0.0714. The third-order valence-electron chi connectivity index (χ3n) is 2.66. The monoisotopic (exact) mass is 367 g/mol. The van der Waals surface area contributed by atoms with Crippen molar-refractivity contribution in [1.29, 1.82) is 0 Å². The number of hydrogen-bond acceptors (Lipinski definition) is 2. The summed E-state index contributed by atoms with van der Waals surface area (Å²) in [5.74, 6) is -3.53. The van der Waals surface area contributed by atoms with Crippen LogP contribution in [0.2, 0.25) is 10.0 Å². The Morgan fingerprint density at radius 2 is 1.70 bits per heavy atom. The first-order valence-corrected chi connectivity index (χ1v) is 6.73. The van der Waals surface area contributed by atoms with Gasteiger partial charge in [0.15, 0.2) is 11.6 Å². The van der Waals surface area contributed by atoms with Crippen LogP contribution in [0.25, 0.3) is 0 Å². The minimum Gasteiger partial charge on any atom is -0.433 e. The molecular formula is C14H7Cl2F4NO2. The maximum atomic E-state index is 13.2. The van der Waals surface area contributed by atoms with Gasteiger partial charge in [-0.15, -0.1) is 0 Å². The van der Waals surface area contributed by atoms with Gasteiger partial charge in [-0.3, -0.25) is 4.79 Å². The Kier molecular flexibility index (Phi) is 5.33. The second kappa shape index (κ2) is 7.06. The molecule has 23 heavy (non-hydrogen) atoms. The SMILES string of the molecule is O=C(Nc1ccc(OC(F)F)c(Cl)c1)c1cc(F)c(F)cc1Cl. The maximum Gasteiger partial charge on any atom is 0.387 e. The number of amides is 1. The molecule has 1 N–H and O–H groups in total. The zero-order chi connectivity index (χ0) is 17.1. The predicted octanol–water partition coefficient (Wildman–Crippen LogP) is 5.13. The predicted molar refractivity (Wildman–Crippen MR) is 77.4 cm³/mol. The lowest BCUT2D eigenvalue weighted by Crippen LogP contribution is -2.13. The van der Waals surface area contributed by atoms with Crippen molar-refractivity contribution in [3.05, 3.63) is 57.6 Å². The van der Waals surface area contributed by atoms with Crippen molar-refractivity contribution in [3.8, 4) is 5.75 Å². The molecule has 0 radical (unpaired) electrons. The van der Waals surface area contributed by atoms with E-state index in [-0.39, 0.29) is 27.0 Å². The Hall–Kier alpha value is -1.99. The average molecular weight is 368 g/mol. The Labute approximate surface area is 137 Å². The number of nitrogens with one attached hydrogen (secondary N) is 1. The quantitative estimate of drug-likeness (QED) is 0.601. The number of carbonyl (C=O) groups excluding carboxylic acids is 1. The summed E-state index contributed by atoms with van der Waals surface area (Å²) in [6.45, 7) is -3.05. The van der Waals surface area contributed by atoms with E-state index in [2.05, 4.69) is 10.1 Å². The number of ether oxygens (including phenoxy) is 1. The van der Waals surface area contributed by atoms with Crippen LogP contribution < -0.4 is 10.1 Å². The van der Waals surface area contributed by atoms with E-state index in [0.717, 1.165) is 12.1 Å².